The van der Waals surface area contributed by atoms with Crippen LogP contribution in [0.4, 0.5) is 5.69 Å². The van der Waals surface area contributed by atoms with Crippen LogP contribution in [-0.4, -0.2) is 36.4 Å². The van der Waals surface area contributed by atoms with Crippen molar-refractivity contribution in [2.45, 2.75) is 32.9 Å². The van der Waals surface area contributed by atoms with E-state index in [1.165, 1.54) is 16.7 Å². The van der Waals surface area contributed by atoms with E-state index in [1.54, 1.807) is 22.2 Å². The molecule has 31 heavy (non-hydrogen) atoms. The standard InChI is InChI=1S/C20H20N4O6S/c1-20(2,9-16(25)21-27)10-22-17(26)18-23(19(22)31)14-7-12(8-15(14)30-18)11-3-5-13(6-4-11)24(28)29/h3-8,15,26-27H,9-10H2,1-2H3,(H,21,25). The van der Waals surface area contributed by atoms with Gasteiger partial charge in [-0.15, -0.1) is 0 Å². The Morgan fingerprint density at radius 1 is 1.35 bits per heavy atom. The first-order valence-corrected chi connectivity index (χ1v) is 9.85. The number of hydroxylamine groups is 1. The van der Waals surface area contributed by atoms with Gasteiger partial charge in [-0.25, -0.2) is 5.48 Å². The molecule has 0 spiro atoms. The first-order chi connectivity index (χ1) is 14.6. The molecule has 2 aliphatic rings. The maximum Gasteiger partial charge on any atom is 0.269 e. The molecule has 162 valence electrons. The van der Waals surface area contributed by atoms with Crippen molar-refractivity contribution in [3.05, 3.63) is 56.9 Å². The Balaban J connectivity index is 1.64. The summed E-state index contributed by atoms with van der Waals surface area (Å²) in [5.41, 5.74) is 3.38. The summed E-state index contributed by atoms with van der Waals surface area (Å²) in [6.07, 6.45) is 3.32. The van der Waals surface area contributed by atoms with Gasteiger partial charge in [0, 0.05) is 25.1 Å². The maximum atomic E-state index is 11.6. The third-order valence-electron chi connectivity index (χ3n) is 5.26. The Morgan fingerprint density at radius 2 is 2.03 bits per heavy atom. The highest BCUT2D eigenvalue weighted by Gasteiger charge is 2.37. The van der Waals surface area contributed by atoms with E-state index in [0.717, 1.165) is 16.8 Å². The molecule has 2 aromatic rings. The van der Waals surface area contributed by atoms with E-state index < -0.39 is 22.3 Å². The number of carbonyl (C=O) groups is 1. The number of non-ortho nitro benzene ring substituents is 1. The Hall–Kier alpha value is -3.44. The SMILES string of the molecule is CC(C)(CC(=O)NO)Cn1c(O)c2n(c1=S)C1=CC(c3ccc([N+](=O)[O-])cc3)=CC1O2. The minimum atomic E-state index is -0.600. The molecular formula is C20H20N4O6S. The van der Waals surface area contributed by atoms with Crippen molar-refractivity contribution in [2.24, 2.45) is 5.41 Å². The van der Waals surface area contributed by atoms with Crippen molar-refractivity contribution >= 4 is 35.1 Å². The van der Waals surface area contributed by atoms with Crippen molar-refractivity contribution in [3.8, 4) is 11.8 Å². The number of hydrogen-bond donors (Lipinski definition) is 3. The number of rotatable bonds is 6. The lowest BCUT2D eigenvalue weighted by Gasteiger charge is -2.24. The number of imidazole rings is 1. The van der Waals surface area contributed by atoms with Crippen LogP contribution in [0.25, 0.3) is 11.3 Å². The third-order valence-corrected chi connectivity index (χ3v) is 5.66. The van der Waals surface area contributed by atoms with Crippen LogP contribution >= 0.6 is 12.2 Å². The topological polar surface area (TPSA) is 132 Å². The van der Waals surface area contributed by atoms with Crippen LogP contribution < -0.4 is 10.2 Å². The second-order valence-electron chi connectivity index (χ2n) is 8.24. The molecule has 1 aromatic carbocycles. The van der Waals surface area contributed by atoms with Crippen LogP contribution in [0, 0.1) is 20.3 Å². The van der Waals surface area contributed by atoms with Crippen molar-refractivity contribution in [1.29, 1.82) is 0 Å². The summed E-state index contributed by atoms with van der Waals surface area (Å²) in [4.78, 5) is 22.0. The molecular weight excluding hydrogens is 424 g/mol. The van der Waals surface area contributed by atoms with Crippen LogP contribution in [0.1, 0.15) is 25.8 Å². The monoisotopic (exact) mass is 444 g/mol. The van der Waals surface area contributed by atoms with E-state index in [4.69, 9.17) is 22.2 Å². The molecule has 2 heterocycles. The van der Waals surface area contributed by atoms with Crippen LogP contribution in [-0.2, 0) is 11.3 Å². The highest BCUT2D eigenvalue weighted by molar-refractivity contribution is 7.71. The van der Waals surface area contributed by atoms with Gasteiger partial charge in [0.05, 0.1) is 10.6 Å². The molecule has 0 radical (unpaired) electrons. The molecule has 1 aromatic heterocycles. The number of aromatic hydroxyl groups is 1. The van der Waals surface area contributed by atoms with E-state index in [1.807, 2.05) is 26.0 Å². The Morgan fingerprint density at radius 3 is 2.65 bits per heavy atom. The molecule has 0 saturated heterocycles. The largest absolute Gasteiger partial charge is 0.491 e. The van der Waals surface area contributed by atoms with Crippen molar-refractivity contribution in [1.82, 2.24) is 14.6 Å². The molecule has 1 unspecified atom stereocenters. The van der Waals surface area contributed by atoms with Gasteiger partial charge in [0.25, 0.3) is 17.4 Å². The van der Waals surface area contributed by atoms with Gasteiger partial charge in [0.1, 0.15) is 0 Å². The smallest absolute Gasteiger partial charge is 0.269 e. The van der Waals surface area contributed by atoms with E-state index in [2.05, 4.69) is 0 Å². The average molecular weight is 444 g/mol. The molecule has 0 saturated carbocycles. The number of nitro benzene ring substituents is 1. The number of benzene rings is 1. The maximum absolute atomic E-state index is 11.6. The second kappa shape index (κ2) is 7.36. The van der Waals surface area contributed by atoms with Crippen LogP contribution in [0.2, 0.25) is 0 Å². The van der Waals surface area contributed by atoms with Gasteiger partial charge >= 0.3 is 0 Å². The number of aromatic nitrogens is 2. The van der Waals surface area contributed by atoms with Crippen LogP contribution in [0.15, 0.2) is 36.4 Å². The highest BCUT2D eigenvalue weighted by Crippen LogP contribution is 2.45. The fourth-order valence-electron chi connectivity index (χ4n) is 3.85. The molecule has 0 fully saturated rings. The first kappa shape index (κ1) is 20.8. The zero-order chi connectivity index (χ0) is 22.5. The zero-order valence-corrected chi connectivity index (χ0v) is 17.5. The van der Waals surface area contributed by atoms with Gasteiger partial charge < -0.3 is 9.84 Å². The summed E-state index contributed by atoms with van der Waals surface area (Å²) in [6.45, 7) is 3.87. The van der Waals surface area contributed by atoms with E-state index in [-0.39, 0.29) is 30.4 Å². The van der Waals surface area contributed by atoms with Gasteiger partial charge in [0.15, 0.2) is 10.9 Å². The summed E-state index contributed by atoms with van der Waals surface area (Å²) in [6, 6.07) is 6.21. The first-order valence-electron chi connectivity index (χ1n) is 9.44. The lowest BCUT2D eigenvalue weighted by atomic mass is 9.89. The fourth-order valence-corrected chi connectivity index (χ4v) is 4.19. The lowest BCUT2D eigenvalue weighted by Crippen LogP contribution is -2.29. The molecule has 1 atom stereocenters. The number of nitro groups is 1. The predicted octanol–water partition coefficient (Wildman–Crippen LogP) is 3.25. The normalized spacial score (nSPS) is 16.8. The molecule has 1 aliphatic carbocycles. The molecule has 4 rings (SSSR count). The molecule has 11 heteroatoms. The molecule has 0 bridgehead atoms. The minimum Gasteiger partial charge on any atom is -0.491 e. The predicted molar refractivity (Wildman–Crippen MR) is 113 cm³/mol. The Kier molecular flexibility index (Phi) is 4.94. The van der Waals surface area contributed by atoms with Crippen molar-refractivity contribution in [2.75, 3.05) is 0 Å². The number of amides is 1. The highest BCUT2D eigenvalue weighted by atomic mass is 32.1. The van der Waals surface area contributed by atoms with Gasteiger partial charge in [0.2, 0.25) is 5.91 Å². The van der Waals surface area contributed by atoms with Gasteiger partial charge in [-0.3, -0.25) is 29.3 Å². The number of carbonyl (C=O) groups excluding carboxylic acids is 1. The average Bonchev–Trinajstić information content (AvgIpc) is 3.34. The number of nitrogens with zero attached hydrogens (tertiary/aromatic N) is 3. The molecule has 3 N–H and O–H groups in total. The van der Waals surface area contributed by atoms with E-state index >= 15 is 0 Å². The van der Waals surface area contributed by atoms with Gasteiger partial charge in [-0.05, 0) is 53.1 Å². The lowest BCUT2D eigenvalue weighted by molar-refractivity contribution is -0.384. The zero-order valence-electron chi connectivity index (χ0n) is 16.7. The van der Waals surface area contributed by atoms with Crippen LogP contribution in [0.5, 0.6) is 11.8 Å². The van der Waals surface area contributed by atoms with Gasteiger partial charge in [-0.1, -0.05) is 13.8 Å². The van der Waals surface area contributed by atoms with Crippen LogP contribution in [0.3, 0.4) is 0 Å². The third kappa shape index (κ3) is 3.62. The summed E-state index contributed by atoms with van der Waals surface area (Å²) < 4.78 is 9.37. The number of allylic oxidation sites excluding steroid dienone is 2. The fraction of sp³-hybridized carbons (Fsp3) is 0.300. The number of nitrogens with one attached hydrogen (secondary N) is 1. The number of hydrogen-bond acceptors (Lipinski definition) is 7. The summed E-state index contributed by atoms with van der Waals surface area (Å²) in [5.74, 6) is -0.444. The molecule has 1 amide bonds. The summed E-state index contributed by atoms with van der Waals surface area (Å²) in [7, 11) is 0. The quantitative estimate of drug-likeness (QED) is 0.270. The second-order valence-corrected chi connectivity index (χ2v) is 8.61. The minimum absolute atomic E-state index is 0.00967. The Labute approximate surface area is 181 Å². The molecule has 1 aliphatic heterocycles. The summed E-state index contributed by atoms with van der Waals surface area (Å²) >= 11 is 5.57. The Bertz CT molecular complexity index is 1210. The van der Waals surface area contributed by atoms with E-state index in [9.17, 15) is 20.0 Å². The molecule has 10 nitrogen and oxygen atoms in total. The number of ether oxygens (including phenoxy) is 1. The number of fused-ring (bicyclic) bond motifs is 3. The van der Waals surface area contributed by atoms with Crippen molar-refractivity contribution in [3.63, 3.8) is 0 Å². The van der Waals surface area contributed by atoms with Crippen molar-refractivity contribution < 1.29 is 24.8 Å². The van der Waals surface area contributed by atoms with E-state index in [0.29, 0.717) is 4.77 Å². The summed E-state index contributed by atoms with van der Waals surface area (Å²) in [5, 5.41) is 30.3. The van der Waals surface area contributed by atoms with Gasteiger partial charge in [-0.2, -0.15) is 0 Å².